The Balaban J connectivity index is 2.10. The van der Waals surface area contributed by atoms with E-state index < -0.39 is 12.0 Å². The van der Waals surface area contributed by atoms with Gasteiger partial charge < -0.3 is 15.3 Å². The largest absolute Gasteiger partial charge is 0.478 e. The Bertz CT molecular complexity index is 623. The molecule has 118 valence electrons. The summed E-state index contributed by atoms with van der Waals surface area (Å²) in [6, 6.07) is 3.67. The highest BCUT2D eigenvalue weighted by molar-refractivity contribution is 7.99. The zero-order chi connectivity index (χ0) is 16.3. The minimum absolute atomic E-state index is 0.0288. The number of halogens is 1. The number of amides is 2. The average Bonchev–Trinajstić information content (AvgIpc) is 2.95. The zero-order valence-corrected chi connectivity index (χ0v) is 13.4. The second-order valence-electron chi connectivity index (χ2n) is 4.72. The molecule has 8 heteroatoms. The summed E-state index contributed by atoms with van der Waals surface area (Å²) in [5.41, 5.74) is 0.375. The van der Waals surface area contributed by atoms with Gasteiger partial charge in [-0.3, -0.25) is 9.59 Å². The van der Waals surface area contributed by atoms with Crippen LogP contribution in [0.2, 0.25) is 5.02 Å². The molecule has 1 atom stereocenters. The summed E-state index contributed by atoms with van der Waals surface area (Å²) in [6.45, 7) is 1.75. The number of aromatic carboxylic acids is 1. The van der Waals surface area contributed by atoms with E-state index in [0.29, 0.717) is 23.7 Å². The van der Waals surface area contributed by atoms with Crippen LogP contribution in [0, 0.1) is 0 Å². The van der Waals surface area contributed by atoms with Crippen LogP contribution in [0.15, 0.2) is 18.2 Å². The summed E-state index contributed by atoms with van der Waals surface area (Å²) < 4.78 is 0. The van der Waals surface area contributed by atoms with Crippen molar-refractivity contribution < 1.29 is 19.5 Å². The predicted molar refractivity (Wildman–Crippen MR) is 85.3 cm³/mol. The minimum atomic E-state index is -1.13. The maximum atomic E-state index is 12.3. The standard InChI is InChI=1S/C14H15ClN2O4S/c1-2-12(18)17-7-22-6-11(17)13(19)16-8-3-4-9(14(20)21)10(15)5-8/h3-5,11H,2,6-7H2,1H3,(H,16,19)(H,20,21). The predicted octanol–water partition coefficient (Wildman–Crippen LogP) is 2.29. The molecule has 22 heavy (non-hydrogen) atoms. The molecule has 0 radical (unpaired) electrons. The monoisotopic (exact) mass is 342 g/mol. The molecule has 0 aliphatic carbocycles. The van der Waals surface area contributed by atoms with Gasteiger partial charge in [0.25, 0.3) is 0 Å². The van der Waals surface area contributed by atoms with Crippen LogP contribution in [0.5, 0.6) is 0 Å². The molecule has 1 unspecified atom stereocenters. The summed E-state index contributed by atoms with van der Waals surface area (Å²) in [5.74, 6) is -0.452. The second-order valence-corrected chi connectivity index (χ2v) is 6.13. The third kappa shape index (κ3) is 3.53. The molecular formula is C14H15ClN2O4S. The average molecular weight is 343 g/mol. The fraction of sp³-hybridized carbons (Fsp3) is 0.357. The van der Waals surface area contributed by atoms with Crippen molar-refractivity contribution in [1.29, 1.82) is 0 Å². The molecular weight excluding hydrogens is 328 g/mol. The summed E-state index contributed by atoms with van der Waals surface area (Å²) in [4.78, 5) is 36.5. The lowest BCUT2D eigenvalue weighted by Crippen LogP contribution is -2.44. The lowest BCUT2D eigenvalue weighted by Gasteiger charge is -2.22. The van der Waals surface area contributed by atoms with Crippen molar-refractivity contribution in [1.82, 2.24) is 4.90 Å². The third-order valence-corrected chi connectivity index (χ3v) is 4.60. The number of nitrogens with zero attached hydrogens (tertiary/aromatic N) is 1. The quantitative estimate of drug-likeness (QED) is 0.876. The number of hydrogen-bond donors (Lipinski definition) is 2. The maximum absolute atomic E-state index is 12.3. The van der Waals surface area contributed by atoms with Gasteiger partial charge in [0.05, 0.1) is 16.5 Å². The molecule has 1 aromatic rings. The first-order chi connectivity index (χ1) is 10.4. The van der Waals surface area contributed by atoms with Crippen molar-refractivity contribution in [2.24, 2.45) is 0 Å². The van der Waals surface area contributed by atoms with Crippen LogP contribution < -0.4 is 5.32 Å². The third-order valence-electron chi connectivity index (χ3n) is 3.27. The topological polar surface area (TPSA) is 86.7 Å². The van der Waals surface area contributed by atoms with Crippen LogP contribution in [-0.4, -0.2) is 45.5 Å². The van der Waals surface area contributed by atoms with Crippen molar-refractivity contribution in [3.63, 3.8) is 0 Å². The van der Waals surface area contributed by atoms with Gasteiger partial charge in [-0.2, -0.15) is 0 Å². The van der Waals surface area contributed by atoms with E-state index in [9.17, 15) is 14.4 Å². The van der Waals surface area contributed by atoms with Gasteiger partial charge in [0.1, 0.15) is 6.04 Å². The molecule has 0 spiro atoms. The van der Waals surface area contributed by atoms with Crippen LogP contribution in [0.4, 0.5) is 5.69 Å². The Morgan fingerprint density at radius 1 is 1.45 bits per heavy atom. The summed E-state index contributed by atoms with van der Waals surface area (Å²) in [6.07, 6.45) is 0.351. The number of carboxylic acid groups (broad SMARTS) is 1. The fourth-order valence-electron chi connectivity index (χ4n) is 2.10. The van der Waals surface area contributed by atoms with E-state index in [1.165, 1.54) is 30.0 Å². The number of thioether (sulfide) groups is 1. The molecule has 1 fully saturated rings. The first kappa shape index (κ1) is 16.6. The Kier molecular flexibility index (Phi) is 5.31. The number of hydrogen-bond acceptors (Lipinski definition) is 4. The van der Waals surface area contributed by atoms with Crippen LogP contribution in [-0.2, 0) is 9.59 Å². The summed E-state index contributed by atoms with van der Waals surface area (Å²) in [5, 5.41) is 11.6. The Hall–Kier alpha value is -1.73. The van der Waals surface area contributed by atoms with E-state index in [1.54, 1.807) is 11.8 Å². The van der Waals surface area contributed by atoms with Crippen molar-refractivity contribution >= 4 is 46.8 Å². The van der Waals surface area contributed by atoms with Crippen molar-refractivity contribution in [2.45, 2.75) is 19.4 Å². The van der Waals surface area contributed by atoms with Crippen LogP contribution in [0.3, 0.4) is 0 Å². The Labute approximate surface area is 136 Å². The molecule has 6 nitrogen and oxygen atoms in total. The molecule has 2 rings (SSSR count). The lowest BCUT2D eigenvalue weighted by atomic mass is 10.2. The van der Waals surface area contributed by atoms with Gasteiger partial charge >= 0.3 is 5.97 Å². The molecule has 2 N–H and O–H groups in total. The van der Waals surface area contributed by atoms with E-state index >= 15 is 0 Å². The number of rotatable bonds is 4. The maximum Gasteiger partial charge on any atom is 0.337 e. The Morgan fingerprint density at radius 2 is 2.18 bits per heavy atom. The number of anilines is 1. The number of carbonyl (C=O) groups is 3. The number of carbonyl (C=O) groups excluding carboxylic acids is 2. The molecule has 1 aromatic carbocycles. The van der Waals surface area contributed by atoms with Crippen molar-refractivity contribution in [3.8, 4) is 0 Å². The van der Waals surface area contributed by atoms with E-state index in [1.807, 2.05) is 0 Å². The van der Waals surface area contributed by atoms with Crippen LogP contribution in [0.25, 0.3) is 0 Å². The lowest BCUT2D eigenvalue weighted by molar-refractivity contribution is -0.135. The van der Waals surface area contributed by atoms with Crippen molar-refractivity contribution in [2.75, 3.05) is 16.9 Å². The molecule has 0 bridgehead atoms. The van der Waals surface area contributed by atoms with E-state index in [-0.39, 0.29) is 22.4 Å². The van der Waals surface area contributed by atoms with Gasteiger partial charge in [-0.05, 0) is 18.2 Å². The Morgan fingerprint density at radius 3 is 2.77 bits per heavy atom. The normalized spacial score (nSPS) is 17.4. The molecule has 1 heterocycles. The smallest absolute Gasteiger partial charge is 0.337 e. The van der Waals surface area contributed by atoms with Gasteiger partial charge in [0.2, 0.25) is 11.8 Å². The number of benzene rings is 1. The summed E-state index contributed by atoms with van der Waals surface area (Å²) >= 11 is 7.39. The SMILES string of the molecule is CCC(=O)N1CSCC1C(=O)Nc1ccc(C(=O)O)c(Cl)c1. The second kappa shape index (κ2) is 7.02. The minimum Gasteiger partial charge on any atom is -0.478 e. The first-order valence-electron chi connectivity index (χ1n) is 6.65. The summed E-state index contributed by atoms with van der Waals surface area (Å²) in [7, 11) is 0. The van der Waals surface area contributed by atoms with E-state index in [2.05, 4.69) is 5.32 Å². The van der Waals surface area contributed by atoms with Gasteiger partial charge in [-0.15, -0.1) is 11.8 Å². The fourth-order valence-corrected chi connectivity index (χ4v) is 3.54. The van der Waals surface area contributed by atoms with E-state index in [4.69, 9.17) is 16.7 Å². The molecule has 0 saturated carbocycles. The van der Waals surface area contributed by atoms with Crippen molar-refractivity contribution in [3.05, 3.63) is 28.8 Å². The van der Waals surface area contributed by atoms with Gasteiger partial charge in [0.15, 0.2) is 0 Å². The molecule has 1 saturated heterocycles. The van der Waals surface area contributed by atoms with Crippen LogP contribution >= 0.6 is 23.4 Å². The van der Waals surface area contributed by atoms with Gasteiger partial charge in [-0.25, -0.2) is 4.79 Å². The highest BCUT2D eigenvalue weighted by atomic mass is 35.5. The molecule has 1 aliphatic heterocycles. The molecule has 1 aliphatic rings. The van der Waals surface area contributed by atoms with E-state index in [0.717, 1.165) is 0 Å². The molecule has 0 aromatic heterocycles. The highest BCUT2D eigenvalue weighted by Crippen LogP contribution is 2.25. The van der Waals surface area contributed by atoms with Gasteiger partial charge in [0, 0.05) is 17.9 Å². The molecule has 2 amide bonds. The van der Waals surface area contributed by atoms with Gasteiger partial charge in [-0.1, -0.05) is 18.5 Å². The number of carboxylic acids is 1. The number of nitrogens with one attached hydrogen (secondary N) is 1. The zero-order valence-electron chi connectivity index (χ0n) is 11.8. The highest BCUT2D eigenvalue weighted by Gasteiger charge is 2.33. The first-order valence-corrected chi connectivity index (χ1v) is 8.18. The van der Waals surface area contributed by atoms with Crippen LogP contribution in [0.1, 0.15) is 23.7 Å².